The van der Waals surface area contributed by atoms with E-state index in [0.717, 1.165) is 39.1 Å². The molecule has 3 rings (SSSR count). The van der Waals surface area contributed by atoms with Crippen molar-refractivity contribution in [2.24, 2.45) is 11.8 Å². The number of benzene rings is 1. The van der Waals surface area contributed by atoms with Crippen LogP contribution in [0.5, 0.6) is 0 Å². The van der Waals surface area contributed by atoms with Crippen LogP contribution in [0.15, 0.2) is 30.3 Å². The average molecular weight is 345 g/mol. The van der Waals surface area contributed by atoms with Crippen LogP contribution in [0.2, 0.25) is 0 Å². The second kappa shape index (κ2) is 8.68. The molecule has 0 aromatic heterocycles. The number of aliphatic hydroxyl groups is 1. The first-order valence-electron chi connectivity index (χ1n) is 9.59. The third-order valence-electron chi connectivity index (χ3n) is 5.59. The molecule has 2 amide bonds. The van der Waals surface area contributed by atoms with E-state index in [1.165, 1.54) is 18.4 Å². The van der Waals surface area contributed by atoms with Gasteiger partial charge in [0.2, 0.25) is 0 Å². The second-order valence-corrected chi connectivity index (χ2v) is 7.65. The first-order valence-corrected chi connectivity index (χ1v) is 9.59. The minimum atomic E-state index is -0.331. The smallest absolute Gasteiger partial charge is 0.317 e. The Morgan fingerprint density at radius 2 is 2.04 bits per heavy atom. The predicted molar refractivity (Wildman–Crippen MR) is 99.2 cm³/mol. The standard InChI is InChI=1S/C20H31N3O2/c1-16(24)19-9-11-23(15-19)20(25)21-12-18-8-5-10-22(14-18)13-17-6-3-2-4-7-17/h2-4,6-7,16,18-19,24H,5,8-15H2,1H3,(H,21,25)/t16-,18-,19+/m0/s1. The molecule has 2 aliphatic rings. The van der Waals surface area contributed by atoms with E-state index < -0.39 is 0 Å². The van der Waals surface area contributed by atoms with E-state index in [1.54, 1.807) is 0 Å². The Morgan fingerprint density at radius 1 is 1.24 bits per heavy atom. The number of urea groups is 1. The van der Waals surface area contributed by atoms with Crippen LogP contribution >= 0.6 is 0 Å². The highest BCUT2D eigenvalue weighted by molar-refractivity contribution is 5.74. The summed E-state index contributed by atoms with van der Waals surface area (Å²) in [6.45, 7) is 7.18. The van der Waals surface area contributed by atoms with E-state index in [0.29, 0.717) is 12.5 Å². The number of rotatable bonds is 5. The van der Waals surface area contributed by atoms with Gasteiger partial charge in [0.05, 0.1) is 6.10 Å². The van der Waals surface area contributed by atoms with Gasteiger partial charge in [-0.3, -0.25) is 4.90 Å². The second-order valence-electron chi connectivity index (χ2n) is 7.65. The highest BCUT2D eigenvalue weighted by Crippen LogP contribution is 2.21. The zero-order valence-electron chi connectivity index (χ0n) is 15.2. The van der Waals surface area contributed by atoms with Crippen molar-refractivity contribution in [3.8, 4) is 0 Å². The number of hydrogen-bond donors (Lipinski definition) is 2. The summed E-state index contributed by atoms with van der Waals surface area (Å²) >= 11 is 0. The topological polar surface area (TPSA) is 55.8 Å². The van der Waals surface area contributed by atoms with Crippen LogP contribution in [0, 0.1) is 11.8 Å². The number of nitrogens with zero attached hydrogens (tertiary/aromatic N) is 2. The van der Waals surface area contributed by atoms with E-state index in [-0.39, 0.29) is 18.1 Å². The molecule has 5 heteroatoms. The van der Waals surface area contributed by atoms with Gasteiger partial charge in [0, 0.05) is 38.6 Å². The Balaban J connectivity index is 1.41. The average Bonchev–Trinajstić information content (AvgIpc) is 3.11. The van der Waals surface area contributed by atoms with E-state index in [9.17, 15) is 9.90 Å². The Hall–Kier alpha value is -1.59. The molecule has 0 radical (unpaired) electrons. The molecule has 0 aliphatic carbocycles. The van der Waals surface area contributed by atoms with Crippen LogP contribution in [0.1, 0.15) is 31.7 Å². The fourth-order valence-electron chi connectivity index (χ4n) is 4.01. The van der Waals surface area contributed by atoms with Gasteiger partial charge >= 0.3 is 6.03 Å². The largest absolute Gasteiger partial charge is 0.393 e. The number of likely N-dealkylation sites (tertiary alicyclic amines) is 2. The van der Waals surface area contributed by atoms with E-state index >= 15 is 0 Å². The molecule has 2 saturated heterocycles. The SMILES string of the molecule is C[C@H](O)[C@@H]1CCN(C(=O)NC[C@@H]2CCCN(Cc3ccccc3)C2)C1. The maximum Gasteiger partial charge on any atom is 0.317 e. The van der Waals surface area contributed by atoms with Gasteiger partial charge < -0.3 is 15.3 Å². The summed E-state index contributed by atoms with van der Waals surface area (Å²) in [6, 6.07) is 10.6. The molecular weight excluding hydrogens is 314 g/mol. The molecule has 3 atom stereocenters. The van der Waals surface area contributed by atoms with Gasteiger partial charge in [-0.15, -0.1) is 0 Å². The summed E-state index contributed by atoms with van der Waals surface area (Å²) < 4.78 is 0. The maximum atomic E-state index is 12.3. The van der Waals surface area contributed by atoms with Gasteiger partial charge in [0.25, 0.3) is 0 Å². The summed E-state index contributed by atoms with van der Waals surface area (Å²) in [4.78, 5) is 16.7. The summed E-state index contributed by atoms with van der Waals surface area (Å²) in [6.07, 6.45) is 2.95. The van der Waals surface area contributed by atoms with Crippen LogP contribution in [0.25, 0.3) is 0 Å². The molecule has 1 aromatic carbocycles. The van der Waals surface area contributed by atoms with E-state index in [2.05, 4.69) is 40.5 Å². The Kier molecular flexibility index (Phi) is 6.32. The van der Waals surface area contributed by atoms with Gasteiger partial charge in [0.15, 0.2) is 0 Å². The van der Waals surface area contributed by atoms with Crippen molar-refractivity contribution < 1.29 is 9.90 Å². The molecule has 0 spiro atoms. The molecular formula is C20H31N3O2. The number of piperidine rings is 1. The van der Waals surface area contributed by atoms with Crippen molar-refractivity contribution in [3.05, 3.63) is 35.9 Å². The minimum Gasteiger partial charge on any atom is -0.393 e. The fraction of sp³-hybridized carbons (Fsp3) is 0.650. The molecule has 2 N–H and O–H groups in total. The number of hydrogen-bond acceptors (Lipinski definition) is 3. The summed E-state index contributed by atoms with van der Waals surface area (Å²) in [5.74, 6) is 0.748. The van der Waals surface area contributed by atoms with E-state index in [4.69, 9.17) is 0 Å². The lowest BCUT2D eigenvalue weighted by molar-refractivity contribution is 0.128. The molecule has 2 heterocycles. The van der Waals surface area contributed by atoms with Crippen molar-refractivity contribution in [2.75, 3.05) is 32.7 Å². The molecule has 2 aliphatic heterocycles. The van der Waals surface area contributed by atoms with Crippen molar-refractivity contribution in [2.45, 2.75) is 38.8 Å². The fourth-order valence-corrected chi connectivity index (χ4v) is 4.01. The van der Waals surface area contributed by atoms with Crippen LogP contribution in [-0.2, 0) is 6.54 Å². The molecule has 2 fully saturated rings. The van der Waals surface area contributed by atoms with Gasteiger partial charge in [-0.2, -0.15) is 0 Å². The Labute approximate surface area is 151 Å². The summed E-state index contributed by atoms with van der Waals surface area (Å²) in [7, 11) is 0. The van der Waals surface area contributed by atoms with Crippen LogP contribution in [0.4, 0.5) is 4.79 Å². The lowest BCUT2D eigenvalue weighted by Crippen LogP contribution is -2.44. The predicted octanol–water partition coefficient (Wildman–Crippen LogP) is 2.31. The van der Waals surface area contributed by atoms with Gasteiger partial charge in [-0.1, -0.05) is 30.3 Å². The van der Waals surface area contributed by atoms with Crippen molar-refractivity contribution in [1.29, 1.82) is 0 Å². The van der Waals surface area contributed by atoms with Crippen LogP contribution in [-0.4, -0.2) is 59.8 Å². The lowest BCUT2D eigenvalue weighted by atomic mass is 9.97. The van der Waals surface area contributed by atoms with Crippen molar-refractivity contribution in [3.63, 3.8) is 0 Å². The van der Waals surface area contributed by atoms with Crippen LogP contribution < -0.4 is 5.32 Å². The van der Waals surface area contributed by atoms with Gasteiger partial charge in [0.1, 0.15) is 0 Å². The summed E-state index contributed by atoms with van der Waals surface area (Å²) in [5, 5.41) is 12.8. The molecule has 0 bridgehead atoms. The quantitative estimate of drug-likeness (QED) is 0.861. The molecule has 0 unspecified atom stereocenters. The zero-order valence-corrected chi connectivity index (χ0v) is 15.2. The molecule has 25 heavy (non-hydrogen) atoms. The van der Waals surface area contributed by atoms with Crippen molar-refractivity contribution in [1.82, 2.24) is 15.1 Å². The highest BCUT2D eigenvalue weighted by atomic mass is 16.3. The minimum absolute atomic E-state index is 0.0309. The third-order valence-corrected chi connectivity index (χ3v) is 5.59. The third kappa shape index (κ3) is 5.19. The first-order chi connectivity index (χ1) is 12.1. The maximum absolute atomic E-state index is 12.3. The van der Waals surface area contributed by atoms with E-state index in [1.807, 2.05) is 11.8 Å². The number of carbonyl (C=O) groups excluding carboxylic acids is 1. The van der Waals surface area contributed by atoms with Crippen molar-refractivity contribution >= 4 is 6.03 Å². The molecule has 5 nitrogen and oxygen atoms in total. The summed E-state index contributed by atoms with van der Waals surface area (Å²) in [5.41, 5.74) is 1.36. The normalized spacial score (nSPS) is 25.8. The van der Waals surface area contributed by atoms with Gasteiger partial charge in [-0.25, -0.2) is 4.79 Å². The number of nitrogens with one attached hydrogen (secondary N) is 1. The zero-order chi connectivity index (χ0) is 17.6. The van der Waals surface area contributed by atoms with Crippen LogP contribution in [0.3, 0.4) is 0 Å². The Bertz CT molecular complexity index is 549. The number of aliphatic hydroxyl groups excluding tert-OH is 1. The van der Waals surface area contributed by atoms with Gasteiger partial charge in [-0.05, 0) is 44.2 Å². The lowest BCUT2D eigenvalue weighted by Gasteiger charge is -2.33. The Morgan fingerprint density at radius 3 is 2.76 bits per heavy atom. The number of amides is 2. The monoisotopic (exact) mass is 345 g/mol. The number of carbonyl (C=O) groups is 1. The first kappa shape index (κ1) is 18.2. The molecule has 1 aromatic rings. The molecule has 138 valence electrons. The highest BCUT2D eigenvalue weighted by Gasteiger charge is 2.29. The molecule has 0 saturated carbocycles.